The van der Waals surface area contributed by atoms with Gasteiger partial charge in [-0.3, -0.25) is 0 Å². The van der Waals surface area contributed by atoms with E-state index in [2.05, 4.69) is 0 Å². The van der Waals surface area contributed by atoms with E-state index >= 15 is 0 Å². The van der Waals surface area contributed by atoms with Crippen LogP contribution in [0.25, 0.3) is 11.0 Å². The average molecular weight is 249 g/mol. The molecule has 1 aromatic heterocycles. The molecule has 1 aromatic carbocycles. The highest BCUT2D eigenvalue weighted by atomic mass is 16.4. The van der Waals surface area contributed by atoms with E-state index in [1.807, 2.05) is 0 Å². The van der Waals surface area contributed by atoms with Crippen molar-refractivity contribution in [1.82, 2.24) is 0 Å². The summed E-state index contributed by atoms with van der Waals surface area (Å²) in [6.45, 7) is 1.54. The quantitative estimate of drug-likeness (QED) is 0.563. The fourth-order valence-electron chi connectivity index (χ4n) is 1.78. The molecule has 1 heterocycles. The Morgan fingerprint density at radius 1 is 1.39 bits per heavy atom. The van der Waals surface area contributed by atoms with Crippen LogP contribution in [0.15, 0.2) is 21.3 Å². The monoisotopic (exact) mass is 249 g/mol. The molecular weight excluding hydrogens is 240 g/mol. The van der Waals surface area contributed by atoms with Crippen molar-refractivity contribution in [3.8, 4) is 11.5 Å². The van der Waals surface area contributed by atoms with E-state index in [9.17, 15) is 24.9 Å². The minimum atomic E-state index is -1.40. The van der Waals surface area contributed by atoms with Gasteiger partial charge in [-0.15, -0.1) is 0 Å². The number of hydrogen-bond acceptors (Lipinski definition) is 6. The van der Waals surface area contributed by atoms with Crippen LogP contribution < -0.4 is 10.7 Å². The summed E-state index contributed by atoms with van der Waals surface area (Å²) < 4.78 is 4.83. The van der Waals surface area contributed by atoms with Crippen molar-refractivity contribution < 1.29 is 24.5 Å². The minimum absolute atomic E-state index is 0.0346. The molecule has 0 amide bonds. The number of benzene rings is 1. The topological polar surface area (TPSA) is 111 Å². The lowest BCUT2D eigenvalue weighted by Gasteiger charge is -2.09. The summed E-state index contributed by atoms with van der Waals surface area (Å²) in [5.41, 5.74) is -0.696. The summed E-state index contributed by atoms with van der Waals surface area (Å²) in [5.74, 6) is -2.36. The number of carboxylic acid groups (broad SMARTS) is 1. The molecule has 0 bridgehead atoms. The SMILES string of the molecule is Cc1c(CC(=O)[O-])c(=O)oc2c(O)c(O)ccc12. The van der Waals surface area contributed by atoms with Crippen molar-refractivity contribution in [2.75, 3.05) is 0 Å². The molecule has 0 saturated heterocycles. The standard InChI is InChI=1S/C12H10O6/c1-5-6-2-3-8(13)10(16)11(6)18-12(17)7(5)4-9(14)15/h2-3,13,16H,4H2,1H3,(H,14,15)/p-1. The summed E-state index contributed by atoms with van der Waals surface area (Å²) in [4.78, 5) is 22.2. The fourth-order valence-corrected chi connectivity index (χ4v) is 1.78. The van der Waals surface area contributed by atoms with Gasteiger partial charge in [-0.05, 0) is 24.6 Å². The van der Waals surface area contributed by atoms with Crippen LogP contribution in [0.4, 0.5) is 0 Å². The van der Waals surface area contributed by atoms with E-state index in [4.69, 9.17) is 4.42 Å². The number of aryl methyl sites for hydroxylation is 1. The molecule has 0 radical (unpaired) electrons. The predicted octanol–water partition coefficient (Wildman–Crippen LogP) is -0.195. The Morgan fingerprint density at radius 3 is 2.67 bits per heavy atom. The molecule has 0 saturated carbocycles. The molecule has 0 fully saturated rings. The zero-order valence-electron chi connectivity index (χ0n) is 9.39. The number of aromatic hydroxyl groups is 2. The summed E-state index contributed by atoms with van der Waals surface area (Å²) in [7, 11) is 0. The Hall–Kier alpha value is -2.50. The molecular formula is C12H9O6-. The van der Waals surface area contributed by atoms with E-state index in [-0.39, 0.29) is 11.1 Å². The van der Waals surface area contributed by atoms with Crippen LogP contribution in [-0.2, 0) is 11.2 Å². The van der Waals surface area contributed by atoms with E-state index < -0.39 is 29.5 Å². The second kappa shape index (κ2) is 4.06. The molecule has 18 heavy (non-hydrogen) atoms. The van der Waals surface area contributed by atoms with E-state index in [0.29, 0.717) is 10.9 Å². The Morgan fingerprint density at radius 2 is 2.06 bits per heavy atom. The van der Waals surface area contributed by atoms with Crippen LogP contribution in [0.3, 0.4) is 0 Å². The summed E-state index contributed by atoms with van der Waals surface area (Å²) in [6, 6.07) is 2.66. The van der Waals surface area contributed by atoms with Crippen LogP contribution in [0.2, 0.25) is 0 Å². The number of carbonyl (C=O) groups excluding carboxylic acids is 1. The summed E-state index contributed by atoms with van der Waals surface area (Å²) >= 11 is 0. The van der Waals surface area contributed by atoms with Crippen LogP contribution in [0.1, 0.15) is 11.1 Å². The molecule has 0 spiro atoms. The summed E-state index contributed by atoms with van der Waals surface area (Å²) in [6.07, 6.45) is -0.564. The molecule has 94 valence electrons. The first-order chi connectivity index (χ1) is 8.41. The molecule has 0 unspecified atom stereocenters. The lowest BCUT2D eigenvalue weighted by molar-refractivity contribution is -0.304. The van der Waals surface area contributed by atoms with Crippen molar-refractivity contribution in [2.45, 2.75) is 13.3 Å². The molecule has 0 aliphatic carbocycles. The van der Waals surface area contributed by atoms with Gasteiger partial charge in [0.15, 0.2) is 11.3 Å². The number of rotatable bonds is 2. The Balaban J connectivity index is 2.83. The highest BCUT2D eigenvalue weighted by molar-refractivity contribution is 5.88. The number of aliphatic carboxylic acids is 1. The minimum Gasteiger partial charge on any atom is -0.550 e. The first-order valence-corrected chi connectivity index (χ1v) is 5.09. The zero-order valence-corrected chi connectivity index (χ0v) is 9.39. The molecule has 2 aromatic rings. The molecule has 6 nitrogen and oxygen atoms in total. The van der Waals surface area contributed by atoms with Gasteiger partial charge >= 0.3 is 5.63 Å². The Bertz CT molecular complexity index is 698. The number of fused-ring (bicyclic) bond motifs is 1. The van der Waals surface area contributed by atoms with Crippen LogP contribution >= 0.6 is 0 Å². The van der Waals surface area contributed by atoms with Gasteiger partial charge in [-0.25, -0.2) is 4.79 Å². The van der Waals surface area contributed by atoms with Crippen LogP contribution in [0.5, 0.6) is 11.5 Å². The molecule has 0 atom stereocenters. The largest absolute Gasteiger partial charge is 0.550 e. The van der Waals surface area contributed by atoms with Gasteiger partial charge in [0.1, 0.15) is 0 Å². The van der Waals surface area contributed by atoms with E-state index in [1.54, 1.807) is 0 Å². The molecule has 0 aliphatic rings. The maximum atomic E-state index is 11.6. The zero-order chi connectivity index (χ0) is 13.4. The molecule has 6 heteroatoms. The average Bonchev–Trinajstić information content (AvgIpc) is 2.29. The smallest absolute Gasteiger partial charge is 0.340 e. The lowest BCUT2D eigenvalue weighted by Crippen LogP contribution is -2.27. The van der Waals surface area contributed by atoms with Crippen molar-refractivity contribution >= 4 is 16.9 Å². The molecule has 0 aliphatic heterocycles. The van der Waals surface area contributed by atoms with E-state index in [1.165, 1.54) is 19.1 Å². The first kappa shape index (κ1) is 12.0. The third-order valence-corrected chi connectivity index (χ3v) is 2.73. The number of carboxylic acids is 1. The molecule has 2 rings (SSSR count). The number of phenols is 2. The number of hydrogen-bond donors (Lipinski definition) is 2. The number of carbonyl (C=O) groups is 1. The fraction of sp³-hybridized carbons (Fsp3) is 0.167. The van der Waals surface area contributed by atoms with Crippen molar-refractivity contribution in [3.05, 3.63) is 33.7 Å². The molecule has 2 N–H and O–H groups in total. The van der Waals surface area contributed by atoms with Crippen LogP contribution in [-0.4, -0.2) is 16.2 Å². The van der Waals surface area contributed by atoms with Crippen LogP contribution in [0, 0.1) is 6.92 Å². The van der Waals surface area contributed by atoms with Gasteiger partial charge in [0.25, 0.3) is 0 Å². The van der Waals surface area contributed by atoms with Gasteiger partial charge in [0.05, 0.1) is 0 Å². The maximum Gasteiger partial charge on any atom is 0.340 e. The normalized spacial score (nSPS) is 10.7. The van der Waals surface area contributed by atoms with Crippen molar-refractivity contribution in [1.29, 1.82) is 0 Å². The Kier molecular flexibility index (Phi) is 2.70. The maximum absolute atomic E-state index is 11.6. The van der Waals surface area contributed by atoms with Gasteiger partial charge in [0, 0.05) is 23.3 Å². The highest BCUT2D eigenvalue weighted by Gasteiger charge is 2.15. The van der Waals surface area contributed by atoms with Gasteiger partial charge in [-0.2, -0.15) is 0 Å². The number of phenolic OH excluding ortho intramolecular Hbond substituents is 2. The highest BCUT2D eigenvalue weighted by Crippen LogP contribution is 2.34. The Labute approximate surface area is 101 Å². The van der Waals surface area contributed by atoms with E-state index in [0.717, 1.165) is 0 Å². The third kappa shape index (κ3) is 1.77. The van der Waals surface area contributed by atoms with Crippen molar-refractivity contribution in [3.63, 3.8) is 0 Å². The van der Waals surface area contributed by atoms with Gasteiger partial charge in [-0.1, -0.05) is 0 Å². The van der Waals surface area contributed by atoms with Gasteiger partial charge in [0.2, 0.25) is 5.75 Å². The van der Waals surface area contributed by atoms with Gasteiger partial charge < -0.3 is 24.5 Å². The lowest BCUT2D eigenvalue weighted by atomic mass is 10.0. The first-order valence-electron chi connectivity index (χ1n) is 5.09. The summed E-state index contributed by atoms with van der Waals surface area (Å²) in [5, 5.41) is 29.8. The second-order valence-corrected chi connectivity index (χ2v) is 3.85. The predicted molar refractivity (Wildman–Crippen MR) is 59.3 cm³/mol. The van der Waals surface area contributed by atoms with Crippen molar-refractivity contribution in [2.24, 2.45) is 0 Å². The third-order valence-electron chi connectivity index (χ3n) is 2.73. The second-order valence-electron chi connectivity index (χ2n) is 3.85.